The quantitative estimate of drug-likeness (QED) is 0.625. The second-order valence-electron chi connectivity index (χ2n) is 7.00. The first-order chi connectivity index (χ1) is 12.8. The number of nitro benzene ring substituents is 1. The number of nitrogens with two attached hydrogens (primary N) is 1. The van der Waals surface area contributed by atoms with Gasteiger partial charge in [0.2, 0.25) is 10.0 Å². The summed E-state index contributed by atoms with van der Waals surface area (Å²) in [6, 6.07) is 12.4. The van der Waals surface area contributed by atoms with Crippen LogP contribution in [0.25, 0.3) is 0 Å². The fraction of sp³-hybridized carbons (Fsp3) is 0.368. The Hall–Kier alpha value is -2.29. The van der Waals surface area contributed by atoms with E-state index in [-0.39, 0.29) is 22.4 Å². The average molecular weight is 389 g/mol. The van der Waals surface area contributed by atoms with Crippen molar-refractivity contribution in [2.75, 3.05) is 19.6 Å². The van der Waals surface area contributed by atoms with Crippen molar-refractivity contribution in [3.8, 4) is 0 Å². The Balaban J connectivity index is 1.99. The maximum atomic E-state index is 13.2. The molecule has 144 valence electrons. The highest BCUT2D eigenvalue weighted by atomic mass is 32.2. The van der Waals surface area contributed by atoms with Crippen molar-refractivity contribution in [2.24, 2.45) is 11.7 Å². The van der Waals surface area contributed by atoms with E-state index in [0.29, 0.717) is 30.8 Å². The largest absolute Gasteiger partial charge is 0.330 e. The first-order valence-electron chi connectivity index (χ1n) is 8.76. The lowest BCUT2D eigenvalue weighted by Gasteiger charge is -2.18. The molecule has 0 aliphatic carbocycles. The molecule has 0 bridgehead atoms. The van der Waals surface area contributed by atoms with Gasteiger partial charge in [-0.25, -0.2) is 8.42 Å². The van der Waals surface area contributed by atoms with E-state index in [1.165, 1.54) is 10.4 Å². The van der Waals surface area contributed by atoms with Crippen molar-refractivity contribution in [3.63, 3.8) is 0 Å². The van der Waals surface area contributed by atoms with E-state index in [4.69, 9.17) is 5.73 Å². The van der Waals surface area contributed by atoms with Crippen LogP contribution in [0.15, 0.2) is 47.4 Å². The van der Waals surface area contributed by atoms with Crippen LogP contribution in [0, 0.1) is 29.9 Å². The predicted octanol–water partition coefficient (Wildman–Crippen LogP) is 2.57. The van der Waals surface area contributed by atoms with E-state index >= 15 is 0 Å². The molecule has 0 saturated carbocycles. The number of nitrogens with zero attached hydrogens (tertiary/aromatic N) is 2. The lowest BCUT2D eigenvalue weighted by molar-refractivity contribution is -0.385. The molecular formula is C19H23N3O4S. The zero-order valence-electron chi connectivity index (χ0n) is 15.3. The highest BCUT2D eigenvalue weighted by Gasteiger charge is 2.40. The van der Waals surface area contributed by atoms with Crippen LogP contribution in [0.1, 0.15) is 22.6 Å². The molecule has 1 aliphatic heterocycles. The van der Waals surface area contributed by atoms with E-state index in [9.17, 15) is 18.5 Å². The van der Waals surface area contributed by atoms with Crippen LogP contribution in [-0.2, 0) is 10.0 Å². The summed E-state index contributed by atoms with van der Waals surface area (Å²) in [6.07, 6.45) is 0. The van der Waals surface area contributed by atoms with Gasteiger partial charge in [0.05, 0.1) is 9.82 Å². The van der Waals surface area contributed by atoms with E-state index in [1.54, 1.807) is 19.9 Å². The Kier molecular flexibility index (Phi) is 5.32. The maximum absolute atomic E-state index is 13.2. The maximum Gasteiger partial charge on any atom is 0.273 e. The Bertz CT molecular complexity index is 960. The third kappa shape index (κ3) is 3.60. The third-order valence-corrected chi connectivity index (χ3v) is 7.22. The lowest BCUT2D eigenvalue weighted by Crippen LogP contribution is -2.30. The molecule has 8 heteroatoms. The van der Waals surface area contributed by atoms with E-state index < -0.39 is 14.9 Å². The summed E-state index contributed by atoms with van der Waals surface area (Å²) < 4.78 is 27.9. The molecule has 2 atom stereocenters. The zero-order valence-corrected chi connectivity index (χ0v) is 16.1. The Morgan fingerprint density at radius 2 is 1.81 bits per heavy atom. The van der Waals surface area contributed by atoms with Gasteiger partial charge in [0, 0.05) is 30.6 Å². The van der Waals surface area contributed by atoms with Crippen molar-refractivity contribution in [2.45, 2.75) is 24.7 Å². The highest BCUT2D eigenvalue weighted by molar-refractivity contribution is 7.89. The molecule has 0 amide bonds. The Labute approximate surface area is 159 Å². The van der Waals surface area contributed by atoms with E-state index in [0.717, 1.165) is 5.56 Å². The monoisotopic (exact) mass is 389 g/mol. The number of benzene rings is 2. The van der Waals surface area contributed by atoms with Crippen molar-refractivity contribution in [1.29, 1.82) is 0 Å². The van der Waals surface area contributed by atoms with Crippen LogP contribution < -0.4 is 5.73 Å². The number of hydrogen-bond donors (Lipinski definition) is 1. The minimum Gasteiger partial charge on any atom is -0.330 e. The van der Waals surface area contributed by atoms with Crippen LogP contribution in [-0.4, -0.2) is 37.3 Å². The van der Waals surface area contributed by atoms with E-state index in [2.05, 4.69) is 0 Å². The second-order valence-corrected chi connectivity index (χ2v) is 8.90. The van der Waals surface area contributed by atoms with Crippen LogP contribution >= 0.6 is 0 Å². The fourth-order valence-electron chi connectivity index (χ4n) is 3.78. The van der Waals surface area contributed by atoms with Crippen LogP contribution in [0.3, 0.4) is 0 Å². The smallest absolute Gasteiger partial charge is 0.273 e. The molecule has 2 aromatic carbocycles. The fourth-order valence-corrected chi connectivity index (χ4v) is 5.53. The van der Waals surface area contributed by atoms with Gasteiger partial charge >= 0.3 is 0 Å². The van der Waals surface area contributed by atoms with Gasteiger partial charge in [0.25, 0.3) is 5.69 Å². The summed E-state index contributed by atoms with van der Waals surface area (Å²) in [5.74, 6) is 0.00892. The van der Waals surface area contributed by atoms with Crippen molar-refractivity contribution < 1.29 is 13.3 Å². The van der Waals surface area contributed by atoms with Gasteiger partial charge in [0.15, 0.2) is 0 Å². The zero-order chi connectivity index (χ0) is 19.8. The normalized spacial score (nSPS) is 20.7. The average Bonchev–Trinajstić information content (AvgIpc) is 3.07. The predicted molar refractivity (Wildman–Crippen MR) is 103 cm³/mol. The summed E-state index contributed by atoms with van der Waals surface area (Å²) in [6.45, 7) is 4.26. The lowest BCUT2D eigenvalue weighted by atomic mass is 9.89. The van der Waals surface area contributed by atoms with Crippen molar-refractivity contribution in [1.82, 2.24) is 4.31 Å². The number of nitro groups is 1. The molecule has 2 aromatic rings. The summed E-state index contributed by atoms with van der Waals surface area (Å²) in [4.78, 5) is 10.7. The second kappa shape index (κ2) is 7.38. The molecule has 0 radical (unpaired) electrons. The van der Waals surface area contributed by atoms with Gasteiger partial charge in [0.1, 0.15) is 0 Å². The van der Waals surface area contributed by atoms with Crippen molar-refractivity contribution in [3.05, 3.63) is 69.3 Å². The van der Waals surface area contributed by atoms with Gasteiger partial charge in [-0.3, -0.25) is 10.1 Å². The first kappa shape index (κ1) is 19.5. The summed E-state index contributed by atoms with van der Waals surface area (Å²) in [7, 11) is -3.85. The van der Waals surface area contributed by atoms with Crippen molar-refractivity contribution >= 4 is 15.7 Å². The molecule has 1 saturated heterocycles. The van der Waals surface area contributed by atoms with Gasteiger partial charge in [-0.1, -0.05) is 30.3 Å². The molecule has 0 spiro atoms. The van der Waals surface area contributed by atoms with Gasteiger partial charge in [-0.15, -0.1) is 0 Å². The molecule has 0 unspecified atom stereocenters. The highest BCUT2D eigenvalue weighted by Crippen LogP contribution is 2.36. The minimum atomic E-state index is -3.85. The summed E-state index contributed by atoms with van der Waals surface area (Å²) in [5, 5.41) is 11.2. The minimum absolute atomic E-state index is 0.00270. The molecule has 27 heavy (non-hydrogen) atoms. The number of sulfonamides is 1. The van der Waals surface area contributed by atoms with Gasteiger partial charge in [-0.2, -0.15) is 4.31 Å². The summed E-state index contributed by atoms with van der Waals surface area (Å²) in [5.41, 5.74) is 7.72. The first-order valence-corrected chi connectivity index (χ1v) is 10.2. The molecule has 1 fully saturated rings. The van der Waals surface area contributed by atoms with Gasteiger partial charge < -0.3 is 5.73 Å². The topological polar surface area (TPSA) is 107 Å². The standard InChI is InChI=1S/C19H23N3O4S/c1-13-8-14(2)19(9-18(13)22(23)24)27(25,26)21-11-16(10-20)17(12-21)15-6-4-3-5-7-15/h3-9,16-17H,10-12,20H2,1-2H3/t16-,17+/m1/s1. The van der Waals surface area contributed by atoms with Gasteiger partial charge in [-0.05, 0) is 43.5 Å². The van der Waals surface area contributed by atoms with Crippen LogP contribution in [0.5, 0.6) is 0 Å². The molecule has 0 aromatic heterocycles. The molecule has 3 rings (SSSR count). The molecule has 2 N–H and O–H groups in total. The Morgan fingerprint density at radius 1 is 1.15 bits per heavy atom. The molecule has 1 heterocycles. The third-order valence-electron chi connectivity index (χ3n) is 5.25. The van der Waals surface area contributed by atoms with E-state index in [1.807, 2.05) is 30.3 Å². The van der Waals surface area contributed by atoms with Crippen LogP contribution in [0.4, 0.5) is 5.69 Å². The van der Waals surface area contributed by atoms with Crippen LogP contribution in [0.2, 0.25) is 0 Å². The molecule has 7 nitrogen and oxygen atoms in total. The number of rotatable bonds is 5. The summed E-state index contributed by atoms with van der Waals surface area (Å²) >= 11 is 0. The SMILES string of the molecule is Cc1cc(C)c(S(=O)(=O)N2C[C@@H](CN)[C@H](c3ccccc3)C2)cc1[N+](=O)[O-]. The Morgan fingerprint density at radius 3 is 2.41 bits per heavy atom. The number of hydrogen-bond acceptors (Lipinski definition) is 5. The molecule has 1 aliphatic rings. The molecular weight excluding hydrogens is 366 g/mol. The number of aryl methyl sites for hydroxylation is 2.